The lowest BCUT2D eigenvalue weighted by Crippen LogP contribution is -2.36. The molecule has 2 nitrogen and oxygen atoms in total. The van der Waals surface area contributed by atoms with Gasteiger partial charge in [0.1, 0.15) is 0 Å². The second kappa shape index (κ2) is 6.20. The smallest absolute Gasteiger partial charge is 0.207 e. The number of amides is 1. The summed E-state index contributed by atoms with van der Waals surface area (Å²) in [5.74, 6) is 0.759. The van der Waals surface area contributed by atoms with Crippen LogP contribution in [0.5, 0.6) is 0 Å². The number of nitrogens with one attached hydrogen (secondary N) is 1. The zero-order valence-electron chi connectivity index (χ0n) is 7.76. The highest BCUT2D eigenvalue weighted by Gasteiger charge is 2.22. The van der Waals surface area contributed by atoms with Gasteiger partial charge in [-0.25, -0.2) is 0 Å². The third-order valence-electron chi connectivity index (χ3n) is 2.19. The molecule has 1 saturated carbocycles. The molecular weight excluding hydrogens is 138 g/mol. The first-order valence-electron chi connectivity index (χ1n) is 4.54. The van der Waals surface area contributed by atoms with E-state index in [0.717, 1.165) is 12.3 Å². The van der Waals surface area contributed by atoms with E-state index in [1.807, 2.05) is 13.8 Å². The van der Waals surface area contributed by atoms with Crippen LogP contribution in [0.4, 0.5) is 0 Å². The molecule has 1 rings (SSSR count). The molecule has 1 fully saturated rings. The fraction of sp³-hybridized carbons (Fsp3) is 0.889. The fourth-order valence-corrected chi connectivity index (χ4v) is 1.18. The molecule has 1 aliphatic carbocycles. The van der Waals surface area contributed by atoms with Crippen molar-refractivity contribution in [1.29, 1.82) is 0 Å². The maximum absolute atomic E-state index is 9.95. The Morgan fingerprint density at radius 1 is 1.45 bits per heavy atom. The van der Waals surface area contributed by atoms with Crippen LogP contribution in [0.1, 0.15) is 40.0 Å². The third-order valence-corrected chi connectivity index (χ3v) is 2.19. The van der Waals surface area contributed by atoms with Crippen molar-refractivity contribution in [2.45, 2.75) is 46.1 Å². The quantitative estimate of drug-likeness (QED) is 0.623. The monoisotopic (exact) mass is 157 g/mol. The van der Waals surface area contributed by atoms with Gasteiger partial charge >= 0.3 is 0 Å². The van der Waals surface area contributed by atoms with Crippen LogP contribution in [0.25, 0.3) is 0 Å². The number of carbonyl (C=O) groups excluding carboxylic acids is 1. The number of rotatable bonds is 3. The van der Waals surface area contributed by atoms with Gasteiger partial charge in [0.25, 0.3) is 0 Å². The molecule has 0 bridgehead atoms. The Morgan fingerprint density at radius 2 is 2.00 bits per heavy atom. The molecule has 1 unspecified atom stereocenters. The van der Waals surface area contributed by atoms with Gasteiger partial charge in [0.05, 0.1) is 0 Å². The molecule has 0 aromatic carbocycles. The lowest BCUT2D eigenvalue weighted by molar-refractivity contribution is -0.110. The first-order chi connectivity index (χ1) is 5.34. The first kappa shape index (κ1) is 10.5. The topological polar surface area (TPSA) is 29.1 Å². The van der Waals surface area contributed by atoms with Crippen molar-refractivity contribution in [3.05, 3.63) is 0 Å². The average molecular weight is 157 g/mol. The largest absolute Gasteiger partial charge is 0.356 e. The van der Waals surface area contributed by atoms with Crippen LogP contribution in [-0.2, 0) is 4.79 Å². The third kappa shape index (κ3) is 3.40. The van der Waals surface area contributed by atoms with Crippen LogP contribution in [0.15, 0.2) is 0 Å². The molecule has 1 N–H and O–H groups in total. The van der Waals surface area contributed by atoms with Gasteiger partial charge in [0, 0.05) is 6.04 Å². The van der Waals surface area contributed by atoms with E-state index >= 15 is 0 Å². The summed E-state index contributed by atoms with van der Waals surface area (Å²) in [5.41, 5.74) is 0. The minimum absolute atomic E-state index is 0.399. The van der Waals surface area contributed by atoms with Crippen LogP contribution in [0.3, 0.4) is 0 Å². The maximum Gasteiger partial charge on any atom is 0.207 e. The second-order valence-electron chi connectivity index (χ2n) is 2.76. The number of hydrogen-bond acceptors (Lipinski definition) is 1. The van der Waals surface area contributed by atoms with Crippen molar-refractivity contribution in [3.8, 4) is 0 Å². The van der Waals surface area contributed by atoms with Crippen LogP contribution < -0.4 is 5.32 Å². The number of carbonyl (C=O) groups is 1. The molecule has 0 aliphatic heterocycles. The lowest BCUT2D eigenvalue weighted by atomic mass is 9.80. The SMILES string of the molecule is CC.CC(NC=O)C1CCC1. The van der Waals surface area contributed by atoms with Crippen LogP contribution in [0, 0.1) is 5.92 Å². The Labute approximate surface area is 69.4 Å². The predicted octanol–water partition coefficient (Wildman–Crippen LogP) is 1.95. The summed E-state index contributed by atoms with van der Waals surface area (Å²) >= 11 is 0. The molecule has 0 heterocycles. The van der Waals surface area contributed by atoms with Crippen molar-refractivity contribution in [1.82, 2.24) is 5.32 Å². The van der Waals surface area contributed by atoms with Crippen molar-refractivity contribution < 1.29 is 4.79 Å². The summed E-state index contributed by atoms with van der Waals surface area (Å²) < 4.78 is 0. The minimum Gasteiger partial charge on any atom is -0.356 e. The average Bonchev–Trinajstić information content (AvgIpc) is 1.89. The summed E-state index contributed by atoms with van der Waals surface area (Å²) in [6.45, 7) is 6.07. The van der Waals surface area contributed by atoms with Crippen LogP contribution in [-0.4, -0.2) is 12.5 Å². The van der Waals surface area contributed by atoms with Gasteiger partial charge in [0.2, 0.25) is 6.41 Å². The van der Waals surface area contributed by atoms with E-state index in [0.29, 0.717) is 6.04 Å². The highest BCUT2D eigenvalue weighted by atomic mass is 16.1. The zero-order valence-corrected chi connectivity index (χ0v) is 7.76. The summed E-state index contributed by atoms with van der Waals surface area (Å²) in [7, 11) is 0. The fourth-order valence-electron chi connectivity index (χ4n) is 1.18. The molecule has 1 aliphatic rings. The summed E-state index contributed by atoms with van der Waals surface area (Å²) in [6.07, 6.45) is 4.72. The van der Waals surface area contributed by atoms with Crippen molar-refractivity contribution in [3.63, 3.8) is 0 Å². The molecule has 0 aromatic rings. The van der Waals surface area contributed by atoms with E-state index in [2.05, 4.69) is 12.2 Å². The van der Waals surface area contributed by atoms with Crippen LogP contribution in [0.2, 0.25) is 0 Å². The Kier molecular flexibility index (Phi) is 5.90. The van der Waals surface area contributed by atoms with Gasteiger partial charge < -0.3 is 5.32 Å². The Morgan fingerprint density at radius 3 is 2.27 bits per heavy atom. The van der Waals surface area contributed by atoms with Gasteiger partial charge in [-0.05, 0) is 25.7 Å². The van der Waals surface area contributed by atoms with Crippen molar-refractivity contribution in [2.24, 2.45) is 5.92 Å². The Balaban J connectivity index is 0.000000461. The van der Waals surface area contributed by atoms with Gasteiger partial charge in [-0.1, -0.05) is 20.3 Å². The van der Waals surface area contributed by atoms with E-state index < -0.39 is 0 Å². The highest BCUT2D eigenvalue weighted by molar-refractivity contribution is 5.46. The van der Waals surface area contributed by atoms with E-state index in [-0.39, 0.29) is 0 Å². The molecule has 66 valence electrons. The molecule has 0 spiro atoms. The lowest BCUT2D eigenvalue weighted by Gasteiger charge is -2.30. The van der Waals surface area contributed by atoms with E-state index in [4.69, 9.17) is 0 Å². The molecule has 0 aromatic heterocycles. The van der Waals surface area contributed by atoms with E-state index in [1.165, 1.54) is 19.3 Å². The first-order valence-corrected chi connectivity index (χ1v) is 4.54. The maximum atomic E-state index is 9.95. The number of hydrogen-bond donors (Lipinski definition) is 1. The van der Waals surface area contributed by atoms with Crippen LogP contribution >= 0.6 is 0 Å². The molecule has 11 heavy (non-hydrogen) atoms. The molecule has 1 atom stereocenters. The van der Waals surface area contributed by atoms with Gasteiger partial charge in [-0.3, -0.25) is 4.79 Å². The van der Waals surface area contributed by atoms with E-state index in [1.54, 1.807) is 0 Å². The van der Waals surface area contributed by atoms with E-state index in [9.17, 15) is 4.79 Å². The van der Waals surface area contributed by atoms with Crippen molar-refractivity contribution in [2.75, 3.05) is 0 Å². The van der Waals surface area contributed by atoms with Gasteiger partial charge in [0.15, 0.2) is 0 Å². The summed E-state index contributed by atoms with van der Waals surface area (Å²) in [5, 5.41) is 2.77. The highest BCUT2D eigenvalue weighted by Crippen LogP contribution is 2.28. The Hall–Kier alpha value is -0.530. The van der Waals surface area contributed by atoms with Gasteiger partial charge in [-0.15, -0.1) is 0 Å². The molecular formula is C9H19NO. The Bertz CT molecular complexity index is 99.7. The summed E-state index contributed by atoms with van der Waals surface area (Å²) in [6, 6.07) is 0.399. The van der Waals surface area contributed by atoms with Crippen molar-refractivity contribution >= 4 is 6.41 Å². The van der Waals surface area contributed by atoms with Gasteiger partial charge in [-0.2, -0.15) is 0 Å². The summed E-state index contributed by atoms with van der Waals surface area (Å²) in [4.78, 5) is 9.95. The molecule has 2 heteroatoms. The normalized spacial score (nSPS) is 18.8. The second-order valence-corrected chi connectivity index (χ2v) is 2.76. The minimum atomic E-state index is 0.399. The predicted molar refractivity (Wildman–Crippen MR) is 47.4 cm³/mol. The zero-order chi connectivity index (χ0) is 8.69. The standard InChI is InChI=1S/C7H13NO.C2H6/c1-6(8-5-9)7-3-2-4-7;1-2/h5-7H,2-4H2,1H3,(H,8,9);1-2H3. The molecule has 0 saturated heterocycles. The molecule has 0 radical (unpaired) electrons. The molecule has 1 amide bonds.